The number of morpholine rings is 1. The van der Waals surface area contributed by atoms with Gasteiger partial charge < -0.3 is 9.64 Å². The Morgan fingerprint density at radius 1 is 1.56 bits per heavy atom. The molecule has 0 amide bonds. The molecule has 0 saturated carbocycles. The number of hydrogen-bond donors (Lipinski definition) is 0. The van der Waals surface area contributed by atoms with E-state index in [9.17, 15) is 10.1 Å². The van der Waals surface area contributed by atoms with Crippen molar-refractivity contribution in [3.05, 3.63) is 16.3 Å². The Kier molecular flexibility index (Phi) is 3.91. The zero-order chi connectivity index (χ0) is 13.0. The first-order valence-electron chi connectivity index (χ1n) is 5.12. The number of hydrogen-bond acceptors (Lipinski definition) is 8. The van der Waals surface area contributed by atoms with Crippen molar-refractivity contribution in [1.29, 1.82) is 5.26 Å². The minimum atomic E-state index is -0.594. The van der Waals surface area contributed by atoms with Crippen LogP contribution in [0.1, 0.15) is 0 Å². The largest absolute Gasteiger partial charge is 0.378 e. The average molecular weight is 267 g/mol. The summed E-state index contributed by atoms with van der Waals surface area (Å²) in [6.07, 6.45) is 1.14. The van der Waals surface area contributed by atoms with Crippen molar-refractivity contribution in [3.8, 4) is 5.40 Å². The summed E-state index contributed by atoms with van der Waals surface area (Å²) in [5.41, 5.74) is -0.251. The lowest BCUT2D eigenvalue weighted by molar-refractivity contribution is -0.388. The SMILES string of the molecule is N#CSc1nc(N2CCOCC2)ncc1[N+](=O)[O-]. The van der Waals surface area contributed by atoms with Crippen LogP contribution in [0.25, 0.3) is 0 Å². The van der Waals surface area contributed by atoms with Crippen molar-refractivity contribution in [1.82, 2.24) is 9.97 Å². The lowest BCUT2D eigenvalue weighted by atomic mass is 10.4. The molecule has 0 N–H and O–H groups in total. The maximum atomic E-state index is 10.8. The molecular formula is C9H9N5O3S. The van der Waals surface area contributed by atoms with E-state index in [-0.39, 0.29) is 10.7 Å². The molecule has 0 aliphatic carbocycles. The highest BCUT2D eigenvalue weighted by atomic mass is 32.2. The summed E-state index contributed by atoms with van der Waals surface area (Å²) in [6, 6.07) is 0. The number of ether oxygens (including phenoxy) is 1. The highest BCUT2D eigenvalue weighted by molar-refractivity contribution is 8.03. The van der Waals surface area contributed by atoms with Gasteiger partial charge in [-0.15, -0.1) is 0 Å². The summed E-state index contributed by atoms with van der Waals surface area (Å²) < 4.78 is 5.20. The van der Waals surface area contributed by atoms with Gasteiger partial charge >= 0.3 is 5.69 Å². The number of nitrogens with zero attached hydrogens (tertiary/aromatic N) is 5. The first-order valence-corrected chi connectivity index (χ1v) is 5.94. The molecule has 0 unspecified atom stereocenters. The predicted molar refractivity (Wildman–Crippen MR) is 63.2 cm³/mol. The number of nitriles is 1. The number of thiocyanates is 1. The molecule has 1 aliphatic rings. The Hall–Kier alpha value is -1.92. The molecule has 0 bridgehead atoms. The second kappa shape index (κ2) is 5.61. The topological polar surface area (TPSA) is 105 Å². The van der Waals surface area contributed by atoms with E-state index in [1.807, 2.05) is 4.90 Å². The van der Waals surface area contributed by atoms with Crippen molar-refractivity contribution in [2.45, 2.75) is 5.03 Å². The number of nitro groups is 1. The van der Waals surface area contributed by atoms with Crippen LogP contribution in [0.3, 0.4) is 0 Å². The predicted octanol–water partition coefficient (Wildman–Crippen LogP) is 0.795. The van der Waals surface area contributed by atoms with Crippen LogP contribution in [0.15, 0.2) is 11.2 Å². The molecule has 1 saturated heterocycles. The fourth-order valence-electron chi connectivity index (χ4n) is 1.51. The zero-order valence-electron chi connectivity index (χ0n) is 9.27. The van der Waals surface area contributed by atoms with Gasteiger partial charge in [-0.3, -0.25) is 10.1 Å². The van der Waals surface area contributed by atoms with E-state index < -0.39 is 4.92 Å². The van der Waals surface area contributed by atoms with Crippen LogP contribution in [0.2, 0.25) is 0 Å². The number of anilines is 1. The summed E-state index contributed by atoms with van der Waals surface area (Å²) in [5, 5.41) is 21.2. The fourth-order valence-corrected chi connectivity index (χ4v) is 1.96. The summed E-state index contributed by atoms with van der Waals surface area (Å²) in [4.78, 5) is 20.1. The summed E-state index contributed by atoms with van der Waals surface area (Å²) >= 11 is 0.663. The van der Waals surface area contributed by atoms with Crippen LogP contribution >= 0.6 is 11.8 Å². The van der Waals surface area contributed by atoms with E-state index in [0.717, 1.165) is 6.20 Å². The standard InChI is InChI=1S/C9H9N5O3S/c10-6-18-8-7(14(15)16)5-11-9(12-8)13-1-3-17-4-2-13/h5H,1-4H2. The lowest BCUT2D eigenvalue weighted by Crippen LogP contribution is -2.37. The van der Waals surface area contributed by atoms with Gasteiger partial charge in [0, 0.05) is 24.9 Å². The van der Waals surface area contributed by atoms with E-state index in [4.69, 9.17) is 10.00 Å². The Morgan fingerprint density at radius 3 is 2.89 bits per heavy atom. The molecule has 0 radical (unpaired) electrons. The molecule has 94 valence electrons. The van der Waals surface area contributed by atoms with Crippen molar-refractivity contribution in [2.24, 2.45) is 0 Å². The quantitative estimate of drug-likeness (QED) is 0.260. The maximum Gasteiger partial charge on any atom is 0.320 e. The molecule has 8 nitrogen and oxygen atoms in total. The lowest BCUT2D eigenvalue weighted by Gasteiger charge is -2.26. The van der Waals surface area contributed by atoms with Crippen LogP contribution in [0.4, 0.5) is 11.6 Å². The highest BCUT2D eigenvalue weighted by Crippen LogP contribution is 2.27. The van der Waals surface area contributed by atoms with Gasteiger partial charge in [0.2, 0.25) is 5.95 Å². The van der Waals surface area contributed by atoms with Gasteiger partial charge in [0.1, 0.15) is 11.6 Å². The third kappa shape index (κ3) is 2.66. The molecule has 1 aromatic heterocycles. The molecule has 0 spiro atoms. The summed E-state index contributed by atoms with van der Waals surface area (Å²) in [5.74, 6) is 0.390. The normalized spacial score (nSPS) is 15.2. The van der Waals surface area contributed by atoms with Crippen LogP contribution in [0.5, 0.6) is 0 Å². The Bertz CT molecular complexity index is 497. The van der Waals surface area contributed by atoms with E-state index in [0.29, 0.717) is 44.0 Å². The molecule has 18 heavy (non-hydrogen) atoms. The molecule has 1 fully saturated rings. The molecular weight excluding hydrogens is 258 g/mol. The molecule has 0 atom stereocenters. The van der Waals surface area contributed by atoms with Gasteiger partial charge in [-0.1, -0.05) is 0 Å². The fraction of sp³-hybridized carbons (Fsp3) is 0.444. The second-order valence-electron chi connectivity index (χ2n) is 3.41. The molecule has 2 rings (SSSR count). The van der Waals surface area contributed by atoms with Gasteiger partial charge in [0.25, 0.3) is 0 Å². The van der Waals surface area contributed by atoms with E-state index >= 15 is 0 Å². The monoisotopic (exact) mass is 267 g/mol. The molecule has 1 aromatic rings. The second-order valence-corrected chi connectivity index (χ2v) is 4.18. The highest BCUT2D eigenvalue weighted by Gasteiger charge is 2.21. The van der Waals surface area contributed by atoms with E-state index in [2.05, 4.69) is 9.97 Å². The minimum Gasteiger partial charge on any atom is -0.378 e. The molecule has 2 heterocycles. The summed E-state index contributed by atoms with van der Waals surface area (Å²) in [6.45, 7) is 2.41. The van der Waals surface area contributed by atoms with Gasteiger partial charge in [0.15, 0.2) is 5.03 Å². The molecule has 0 aromatic carbocycles. The van der Waals surface area contributed by atoms with Gasteiger partial charge in [-0.25, -0.2) is 4.98 Å². The first kappa shape index (κ1) is 12.5. The van der Waals surface area contributed by atoms with E-state index in [1.165, 1.54) is 0 Å². The first-order chi connectivity index (χ1) is 8.72. The number of thioether (sulfide) groups is 1. The summed E-state index contributed by atoms with van der Waals surface area (Å²) in [7, 11) is 0. The number of rotatable bonds is 3. The smallest absolute Gasteiger partial charge is 0.320 e. The Labute approximate surface area is 107 Å². The Morgan fingerprint density at radius 2 is 2.28 bits per heavy atom. The van der Waals surface area contributed by atoms with Crippen molar-refractivity contribution in [2.75, 3.05) is 31.2 Å². The van der Waals surface area contributed by atoms with Crippen LogP contribution < -0.4 is 4.90 Å². The van der Waals surface area contributed by atoms with Crippen molar-refractivity contribution in [3.63, 3.8) is 0 Å². The molecule has 9 heteroatoms. The van der Waals surface area contributed by atoms with Crippen LogP contribution in [-0.2, 0) is 4.74 Å². The third-order valence-corrected chi connectivity index (χ3v) is 2.94. The number of aromatic nitrogens is 2. The van der Waals surface area contributed by atoms with Crippen LogP contribution in [-0.4, -0.2) is 41.2 Å². The van der Waals surface area contributed by atoms with Gasteiger partial charge in [-0.2, -0.15) is 10.2 Å². The molecule has 1 aliphatic heterocycles. The van der Waals surface area contributed by atoms with Gasteiger partial charge in [-0.05, 0) is 0 Å². The average Bonchev–Trinajstić information content (AvgIpc) is 2.40. The van der Waals surface area contributed by atoms with Gasteiger partial charge in [0.05, 0.1) is 18.1 Å². The minimum absolute atomic E-state index is 0.0685. The van der Waals surface area contributed by atoms with Crippen molar-refractivity contribution < 1.29 is 9.66 Å². The van der Waals surface area contributed by atoms with Crippen molar-refractivity contribution >= 4 is 23.4 Å². The third-order valence-electron chi connectivity index (χ3n) is 2.36. The van der Waals surface area contributed by atoms with Crippen LogP contribution in [0, 0.1) is 20.8 Å². The zero-order valence-corrected chi connectivity index (χ0v) is 10.1. The maximum absolute atomic E-state index is 10.8. The van der Waals surface area contributed by atoms with E-state index in [1.54, 1.807) is 5.40 Å². The Balaban J connectivity index is 2.30.